The van der Waals surface area contributed by atoms with Crippen molar-refractivity contribution in [2.75, 3.05) is 0 Å². The van der Waals surface area contributed by atoms with Crippen LogP contribution in [0.2, 0.25) is 0 Å². The van der Waals surface area contributed by atoms with Gasteiger partial charge in [0, 0.05) is 11.1 Å². The quantitative estimate of drug-likeness (QED) is 0.662. The average molecular weight is 274 g/mol. The number of hydrogen-bond donors (Lipinski definition) is 0. The lowest BCUT2D eigenvalue weighted by atomic mass is 10.1. The molecule has 1 heterocycles. The van der Waals surface area contributed by atoms with Crippen LogP contribution in [0.3, 0.4) is 0 Å². The van der Waals surface area contributed by atoms with E-state index in [-0.39, 0.29) is 0 Å². The standard InChI is InChI=1S/C12H8O2S.C4H10/c13-15(14)11-7-3-1-5-9(11)10-6-2-4-8-12(10)15;1-3-4-2/h1-8H;3-4H2,1-2H3. The van der Waals surface area contributed by atoms with E-state index >= 15 is 0 Å². The van der Waals surface area contributed by atoms with E-state index in [9.17, 15) is 8.42 Å². The first-order chi connectivity index (χ1) is 9.12. The average Bonchev–Trinajstić information content (AvgIpc) is 2.69. The minimum atomic E-state index is -3.26. The number of rotatable bonds is 1. The fourth-order valence-corrected chi connectivity index (χ4v) is 3.65. The number of sulfone groups is 1. The van der Waals surface area contributed by atoms with Gasteiger partial charge in [-0.15, -0.1) is 0 Å². The fourth-order valence-electron chi connectivity index (χ4n) is 1.97. The maximum absolute atomic E-state index is 12.1. The van der Waals surface area contributed by atoms with Gasteiger partial charge in [-0.05, 0) is 12.1 Å². The highest BCUT2D eigenvalue weighted by atomic mass is 32.2. The van der Waals surface area contributed by atoms with Crippen molar-refractivity contribution in [1.82, 2.24) is 0 Å². The lowest BCUT2D eigenvalue weighted by Crippen LogP contribution is -1.95. The lowest BCUT2D eigenvalue weighted by Gasteiger charge is -1.95. The molecule has 0 amide bonds. The molecule has 0 aromatic heterocycles. The van der Waals surface area contributed by atoms with E-state index in [1.54, 1.807) is 24.3 Å². The van der Waals surface area contributed by atoms with Crippen LogP contribution in [0.25, 0.3) is 11.1 Å². The van der Waals surface area contributed by atoms with Gasteiger partial charge in [0.05, 0.1) is 9.79 Å². The molecule has 2 nitrogen and oxygen atoms in total. The molecule has 3 rings (SSSR count). The maximum Gasteiger partial charge on any atom is 0.207 e. The van der Waals surface area contributed by atoms with Crippen molar-refractivity contribution in [2.45, 2.75) is 36.5 Å². The van der Waals surface area contributed by atoms with Crippen molar-refractivity contribution in [3.63, 3.8) is 0 Å². The van der Waals surface area contributed by atoms with Crippen molar-refractivity contribution < 1.29 is 8.42 Å². The van der Waals surface area contributed by atoms with Gasteiger partial charge in [0.25, 0.3) is 0 Å². The molecule has 0 aliphatic carbocycles. The monoisotopic (exact) mass is 274 g/mol. The molecule has 0 spiro atoms. The smallest absolute Gasteiger partial charge is 0.207 e. The van der Waals surface area contributed by atoms with Crippen LogP contribution in [0.1, 0.15) is 26.7 Å². The molecule has 2 aromatic rings. The third kappa shape index (κ3) is 2.43. The van der Waals surface area contributed by atoms with Crippen molar-refractivity contribution in [2.24, 2.45) is 0 Å². The van der Waals surface area contributed by atoms with Gasteiger partial charge in [0.1, 0.15) is 0 Å². The Bertz CT molecular complexity index is 619. The molecule has 0 atom stereocenters. The van der Waals surface area contributed by atoms with Gasteiger partial charge in [-0.3, -0.25) is 0 Å². The molecule has 0 unspecified atom stereocenters. The molecule has 1 aliphatic heterocycles. The normalized spacial score (nSPS) is 14.0. The van der Waals surface area contributed by atoms with Gasteiger partial charge < -0.3 is 0 Å². The van der Waals surface area contributed by atoms with E-state index in [0.717, 1.165) is 11.1 Å². The fraction of sp³-hybridized carbons (Fsp3) is 0.250. The second kappa shape index (κ2) is 5.57. The summed E-state index contributed by atoms with van der Waals surface area (Å²) in [5.74, 6) is 0. The highest BCUT2D eigenvalue weighted by molar-refractivity contribution is 7.92. The molecule has 1 aliphatic rings. The predicted octanol–water partition coefficient (Wildman–Crippen LogP) is 4.31. The van der Waals surface area contributed by atoms with E-state index in [4.69, 9.17) is 0 Å². The molecule has 0 fully saturated rings. The molecule has 2 aromatic carbocycles. The Hall–Kier alpha value is -1.61. The Kier molecular flexibility index (Phi) is 4.05. The molecule has 19 heavy (non-hydrogen) atoms. The summed E-state index contributed by atoms with van der Waals surface area (Å²) < 4.78 is 24.2. The van der Waals surface area contributed by atoms with E-state index in [0.29, 0.717) is 9.79 Å². The third-order valence-electron chi connectivity index (χ3n) is 3.14. The molecular weight excluding hydrogens is 256 g/mol. The van der Waals surface area contributed by atoms with Gasteiger partial charge in [0.2, 0.25) is 9.84 Å². The summed E-state index contributed by atoms with van der Waals surface area (Å²) in [5.41, 5.74) is 1.63. The molecule has 0 bridgehead atoms. The summed E-state index contributed by atoms with van der Waals surface area (Å²) in [6.45, 7) is 4.36. The van der Waals surface area contributed by atoms with Gasteiger partial charge in [-0.25, -0.2) is 8.42 Å². The molecular formula is C16H18O2S. The highest BCUT2D eigenvalue weighted by Gasteiger charge is 2.31. The zero-order valence-corrected chi connectivity index (χ0v) is 12.1. The van der Waals surface area contributed by atoms with Crippen molar-refractivity contribution >= 4 is 9.84 Å². The molecule has 3 heteroatoms. The van der Waals surface area contributed by atoms with Gasteiger partial charge in [-0.2, -0.15) is 0 Å². The molecule has 0 saturated heterocycles. The molecule has 0 radical (unpaired) electrons. The van der Waals surface area contributed by atoms with Crippen molar-refractivity contribution in [3.8, 4) is 11.1 Å². The highest BCUT2D eigenvalue weighted by Crippen LogP contribution is 2.42. The summed E-state index contributed by atoms with van der Waals surface area (Å²) in [6.07, 6.45) is 2.64. The summed E-state index contributed by atoms with van der Waals surface area (Å²) in [4.78, 5) is 0.845. The second-order valence-corrected chi connectivity index (χ2v) is 6.38. The van der Waals surface area contributed by atoms with Crippen molar-refractivity contribution in [3.05, 3.63) is 48.5 Å². The Morgan fingerprint density at radius 2 is 1.11 bits per heavy atom. The molecule has 100 valence electrons. The summed E-state index contributed by atoms with van der Waals surface area (Å²) in [7, 11) is -3.26. The van der Waals surface area contributed by atoms with Crippen LogP contribution >= 0.6 is 0 Å². The van der Waals surface area contributed by atoms with Crippen LogP contribution in [-0.4, -0.2) is 8.42 Å². The van der Waals surface area contributed by atoms with Crippen LogP contribution in [0.4, 0.5) is 0 Å². The number of benzene rings is 2. The Balaban J connectivity index is 0.000000297. The minimum Gasteiger partial charge on any atom is -0.218 e. The van der Waals surface area contributed by atoms with Gasteiger partial charge in [-0.1, -0.05) is 63.1 Å². The Morgan fingerprint density at radius 3 is 1.47 bits per heavy atom. The maximum atomic E-state index is 12.1. The van der Waals surface area contributed by atoms with E-state index in [1.807, 2.05) is 24.3 Å². The largest absolute Gasteiger partial charge is 0.218 e. The van der Waals surface area contributed by atoms with Gasteiger partial charge in [0.15, 0.2) is 0 Å². The number of unbranched alkanes of at least 4 members (excludes halogenated alkanes) is 1. The summed E-state index contributed by atoms with van der Waals surface area (Å²) in [6, 6.07) is 14.2. The third-order valence-corrected chi connectivity index (χ3v) is 5.01. The summed E-state index contributed by atoms with van der Waals surface area (Å²) >= 11 is 0. The van der Waals surface area contributed by atoms with E-state index in [2.05, 4.69) is 13.8 Å². The minimum absolute atomic E-state index is 0.422. The zero-order valence-electron chi connectivity index (χ0n) is 11.3. The summed E-state index contributed by atoms with van der Waals surface area (Å²) in [5, 5.41) is 0. The van der Waals surface area contributed by atoms with Crippen LogP contribution in [0.15, 0.2) is 58.3 Å². The van der Waals surface area contributed by atoms with Crippen LogP contribution in [0, 0.1) is 0 Å². The molecule has 0 N–H and O–H groups in total. The molecule has 0 saturated carbocycles. The zero-order chi connectivity index (χ0) is 13.9. The first kappa shape index (κ1) is 13.8. The first-order valence-corrected chi connectivity index (χ1v) is 8.04. The Morgan fingerprint density at radius 1 is 0.737 bits per heavy atom. The van der Waals surface area contributed by atoms with Crippen LogP contribution in [-0.2, 0) is 9.84 Å². The SMILES string of the molecule is CCCC.O=S1(=O)c2ccccc2-c2ccccc21. The first-order valence-electron chi connectivity index (χ1n) is 6.56. The topological polar surface area (TPSA) is 34.1 Å². The van der Waals surface area contributed by atoms with Gasteiger partial charge >= 0.3 is 0 Å². The van der Waals surface area contributed by atoms with Crippen LogP contribution < -0.4 is 0 Å². The number of fused-ring (bicyclic) bond motifs is 3. The predicted molar refractivity (Wildman–Crippen MR) is 77.9 cm³/mol. The van der Waals surface area contributed by atoms with Crippen molar-refractivity contribution in [1.29, 1.82) is 0 Å². The Labute approximate surface area is 115 Å². The van der Waals surface area contributed by atoms with E-state index in [1.165, 1.54) is 12.8 Å². The number of hydrogen-bond acceptors (Lipinski definition) is 2. The van der Waals surface area contributed by atoms with E-state index < -0.39 is 9.84 Å². The van der Waals surface area contributed by atoms with Crippen LogP contribution in [0.5, 0.6) is 0 Å². The lowest BCUT2D eigenvalue weighted by molar-refractivity contribution is 0.598. The second-order valence-electron chi connectivity index (χ2n) is 4.50.